The highest BCUT2D eigenvalue weighted by molar-refractivity contribution is 5.46. The summed E-state index contributed by atoms with van der Waals surface area (Å²) in [4.78, 5) is 0. The van der Waals surface area contributed by atoms with E-state index < -0.39 is 0 Å². The molecule has 1 aromatic heterocycles. The van der Waals surface area contributed by atoms with Crippen molar-refractivity contribution in [3.63, 3.8) is 0 Å². The van der Waals surface area contributed by atoms with Crippen LogP contribution in [-0.4, -0.2) is 29.5 Å². The quantitative estimate of drug-likeness (QED) is 0.689. The molecule has 16 heavy (non-hydrogen) atoms. The third-order valence-electron chi connectivity index (χ3n) is 2.44. The molecular formula is C12H23N3O. The minimum Gasteiger partial charge on any atom is -0.380 e. The van der Waals surface area contributed by atoms with Gasteiger partial charge in [0.2, 0.25) is 0 Å². The lowest BCUT2D eigenvalue weighted by Crippen LogP contribution is -2.10. The van der Waals surface area contributed by atoms with Crippen LogP contribution in [0.2, 0.25) is 0 Å². The molecule has 0 aliphatic rings. The highest BCUT2D eigenvalue weighted by Gasteiger charge is 2.03. The SMILES string of the molecule is CCCCOCCNc1cn(C)nc1CC. The highest BCUT2D eigenvalue weighted by Crippen LogP contribution is 2.12. The number of ether oxygens (including phenoxy) is 1. The molecule has 4 heteroatoms. The molecule has 0 unspecified atom stereocenters. The van der Waals surface area contributed by atoms with Crippen LogP contribution in [0, 0.1) is 0 Å². The molecule has 0 amide bonds. The molecule has 0 aliphatic carbocycles. The van der Waals surface area contributed by atoms with Gasteiger partial charge in [-0.15, -0.1) is 0 Å². The summed E-state index contributed by atoms with van der Waals surface area (Å²) >= 11 is 0. The minimum atomic E-state index is 0.762. The molecule has 4 nitrogen and oxygen atoms in total. The Labute approximate surface area is 98.0 Å². The van der Waals surface area contributed by atoms with Gasteiger partial charge in [-0.25, -0.2) is 0 Å². The van der Waals surface area contributed by atoms with Gasteiger partial charge >= 0.3 is 0 Å². The van der Waals surface area contributed by atoms with Crippen LogP contribution in [0.1, 0.15) is 32.4 Å². The van der Waals surface area contributed by atoms with Gasteiger partial charge in [0.25, 0.3) is 0 Å². The number of rotatable bonds is 8. The minimum absolute atomic E-state index is 0.762. The van der Waals surface area contributed by atoms with Crippen LogP contribution in [0.3, 0.4) is 0 Å². The fourth-order valence-corrected chi connectivity index (χ4v) is 1.55. The van der Waals surface area contributed by atoms with Crippen LogP contribution in [0.5, 0.6) is 0 Å². The molecule has 0 radical (unpaired) electrons. The zero-order valence-corrected chi connectivity index (χ0v) is 10.6. The van der Waals surface area contributed by atoms with E-state index in [4.69, 9.17) is 4.74 Å². The molecule has 0 bridgehead atoms. The van der Waals surface area contributed by atoms with Crippen molar-refractivity contribution < 1.29 is 4.74 Å². The molecule has 0 aliphatic heterocycles. The number of hydrogen-bond donors (Lipinski definition) is 1. The second-order valence-electron chi connectivity index (χ2n) is 3.91. The Morgan fingerprint density at radius 3 is 2.88 bits per heavy atom. The predicted molar refractivity (Wildman–Crippen MR) is 66.8 cm³/mol. The van der Waals surface area contributed by atoms with Gasteiger partial charge in [-0.2, -0.15) is 5.10 Å². The van der Waals surface area contributed by atoms with Gasteiger partial charge in [0.15, 0.2) is 0 Å². The van der Waals surface area contributed by atoms with E-state index in [1.54, 1.807) is 0 Å². The van der Waals surface area contributed by atoms with E-state index in [1.165, 1.54) is 6.42 Å². The van der Waals surface area contributed by atoms with Crippen LogP contribution in [-0.2, 0) is 18.2 Å². The van der Waals surface area contributed by atoms with Gasteiger partial charge in [-0.05, 0) is 12.8 Å². The first-order valence-electron chi connectivity index (χ1n) is 6.12. The number of hydrogen-bond acceptors (Lipinski definition) is 3. The average Bonchev–Trinajstić information content (AvgIpc) is 2.64. The van der Waals surface area contributed by atoms with Crippen LogP contribution in [0.25, 0.3) is 0 Å². The van der Waals surface area contributed by atoms with Gasteiger partial charge in [0.1, 0.15) is 0 Å². The largest absolute Gasteiger partial charge is 0.380 e. The van der Waals surface area contributed by atoms with Crippen LogP contribution in [0.4, 0.5) is 5.69 Å². The smallest absolute Gasteiger partial charge is 0.0853 e. The van der Waals surface area contributed by atoms with Gasteiger partial charge in [0.05, 0.1) is 18.0 Å². The summed E-state index contributed by atoms with van der Waals surface area (Å²) in [5, 5.41) is 7.72. The summed E-state index contributed by atoms with van der Waals surface area (Å²) in [5.74, 6) is 0. The van der Waals surface area contributed by atoms with Crippen LogP contribution >= 0.6 is 0 Å². The Kier molecular flexibility index (Phi) is 5.93. The lowest BCUT2D eigenvalue weighted by Gasteiger charge is -2.06. The molecule has 0 saturated heterocycles. The third kappa shape index (κ3) is 4.23. The van der Waals surface area contributed by atoms with E-state index >= 15 is 0 Å². The van der Waals surface area contributed by atoms with E-state index in [0.29, 0.717) is 0 Å². The number of anilines is 1. The van der Waals surface area contributed by atoms with E-state index in [2.05, 4.69) is 24.3 Å². The first-order chi connectivity index (χ1) is 7.77. The summed E-state index contributed by atoms with van der Waals surface area (Å²) in [6, 6.07) is 0. The van der Waals surface area contributed by atoms with Crippen LogP contribution in [0.15, 0.2) is 6.20 Å². The predicted octanol–water partition coefficient (Wildman–Crippen LogP) is 2.21. The Bertz CT molecular complexity index is 296. The molecule has 1 rings (SSSR count). The number of nitrogens with one attached hydrogen (secondary N) is 1. The number of unbranched alkanes of at least 4 members (excludes halogenated alkanes) is 1. The molecule has 1 aromatic rings. The normalized spacial score (nSPS) is 10.7. The average molecular weight is 225 g/mol. The van der Waals surface area contributed by atoms with E-state index in [0.717, 1.165) is 44.0 Å². The Morgan fingerprint density at radius 1 is 1.38 bits per heavy atom. The molecule has 1 heterocycles. The second-order valence-corrected chi connectivity index (χ2v) is 3.91. The van der Waals surface area contributed by atoms with Crippen molar-refractivity contribution in [2.24, 2.45) is 7.05 Å². The summed E-state index contributed by atoms with van der Waals surface area (Å²) in [6.45, 7) is 6.77. The van der Waals surface area contributed by atoms with Crippen molar-refractivity contribution >= 4 is 5.69 Å². The van der Waals surface area contributed by atoms with E-state index in [9.17, 15) is 0 Å². The topological polar surface area (TPSA) is 39.1 Å². The molecule has 0 spiro atoms. The summed E-state index contributed by atoms with van der Waals surface area (Å²) in [6.07, 6.45) is 5.31. The van der Waals surface area contributed by atoms with Crippen molar-refractivity contribution in [3.05, 3.63) is 11.9 Å². The summed E-state index contributed by atoms with van der Waals surface area (Å²) in [7, 11) is 1.95. The lowest BCUT2D eigenvalue weighted by molar-refractivity contribution is 0.141. The zero-order valence-electron chi connectivity index (χ0n) is 10.6. The van der Waals surface area contributed by atoms with Crippen molar-refractivity contribution in [2.45, 2.75) is 33.1 Å². The maximum Gasteiger partial charge on any atom is 0.0853 e. The van der Waals surface area contributed by atoms with Gasteiger partial charge < -0.3 is 10.1 Å². The fourth-order valence-electron chi connectivity index (χ4n) is 1.55. The molecule has 0 saturated carbocycles. The molecule has 0 aromatic carbocycles. The Morgan fingerprint density at radius 2 is 2.19 bits per heavy atom. The number of nitrogens with zero attached hydrogens (tertiary/aromatic N) is 2. The molecule has 0 atom stereocenters. The third-order valence-corrected chi connectivity index (χ3v) is 2.44. The van der Waals surface area contributed by atoms with Crippen molar-refractivity contribution in [1.29, 1.82) is 0 Å². The zero-order chi connectivity index (χ0) is 11.8. The number of aryl methyl sites for hydroxylation is 2. The molecule has 1 N–H and O–H groups in total. The lowest BCUT2D eigenvalue weighted by atomic mass is 10.3. The number of aromatic nitrogens is 2. The first-order valence-corrected chi connectivity index (χ1v) is 6.12. The monoisotopic (exact) mass is 225 g/mol. The maximum atomic E-state index is 5.49. The van der Waals surface area contributed by atoms with Crippen molar-refractivity contribution in [2.75, 3.05) is 25.1 Å². The van der Waals surface area contributed by atoms with E-state index in [-0.39, 0.29) is 0 Å². The molecule has 0 fully saturated rings. The van der Waals surface area contributed by atoms with Crippen LogP contribution < -0.4 is 5.32 Å². The van der Waals surface area contributed by atoms with Gasteiger partial charge in [-0.1, -0.05) is 20.3 Å². The summed E-state index contributed by atoms with van der Waals surface area (Å²) < 4.78 is 7.33. The van der Waals surface area contributed by atoms with Gasteiger partial charge in [0, 0.05) is 26.4 Å². The standard InChI is InChI=1S/C12H23N3O/c1-4-6-8-16-9-7-13-12-10-15(3)14-11(12)5-2/h10,13H,4-9H2,1-3H3. The van der Waals surface area contributed by atoms with Crippen molar-refractivity contribution in [1.82, 2.24) is 9.78 Å². The van der Waals surface area contributed by atoms with Gasteiger partial charge in [-0.3, -0.25) is 4.68 Å². The maximum absolute atomic E-state index is 5.49. The fraction of sp³-hybridized carbons (Fsp3) is 0.750. The Balaban J connectivity index is 2.21. The highest BCUT2D eigenvalue weighted by atomic mass is 16.5. The Hall–Kier alpha value is -1.03. The summed E-state index contributed by atoms with van der Waals surface area (Å²) in [5.41, 5.74) is 2.25. The first kappa shape index (κ1) is 13.0. The molecular weight excluding hydrogens is 202 g/mol. The second kappa shape index (κ2) is 7.28. The van der Waals surface area contributed by atoms with E-state index in [1.807, 2.05) is 17.9 Å². The molecule has 92 valence electrons. The van der Waals surface area contributed by atoms with Crippen molar-refractivity contribution in [3.8, 4) is 0 Å².